The van der Waals surface area contributed by atoms with Crippen molar-refractivity contribution in [3.63, 3.8) is 0 Å². The van der Waals surface area contributed by atoms with E-state index >= 15 is 0 Å². The monoisotopic (exact) mass is 257 g/mol. The zero-order valence-corrected chi connectivity index (χ0v) is 11.3. The fourth-order valence-corrected chi connectivity index (χ4v) is 2.88. The molecule has 0 unspecified atom stereocenters. The Kier molecular flexibility index (Phi) is 4.68. The van der Waals surface area contributed by atoms with Crippen LogP contribution in [0.1, 0.15) is 19.4 Å². The molecule has 0 bridgehead atoms. The van der Waals surface area contributed by atoms with Crippen LogP contribution >= 0.6 is 0 Å². The van der Waals surface area contributed by atoms with E-state index in [1.807, 2.05) is 30.3 Å². The zero-order valence-electron chi connectivity index (χ0n) is 10.4. The van der Waals surface area contributed by atoms with Gasteiger partial charge in [0.25, 0.3) is 0 Å². The lowest BCUT2D eigenvalue weighted by Crippen LogP contribution is -2.38. The summed E-state index contributed by atoms with van der Waals surface area (Å²) < 4.78 is 31.2. The summed E-state index contributed by atoms with van der Waals surface area (Å²) in [6.45, 7) is 3.80. The highest BCUT2D eigenvalue weighted by molar-refractivity contribution is 7.89. The molecule has 0 heterocycles. The van der Waals surface area contributed by atoms with Crippen LogP contribution in [0.5, 0.6) is 0 Å². The number of rotatable bonds is 6. The molecule has 1 aromatic rings. The Morgan fingerprint density at radius 2 is 1.82 bits per heavy atom. The van der Waals surface area contributed by atoms with Gasteiger partial charge in [0.1, 0.15) is 0 Å². The van der Waals surface area contributed by atoms with Crippen LogP contribution < -0.4 is 4.72 Å². The van der Waals surface area contributed by atoms with E-state index in [4.69, 9.17) is 4.74 Å². The number of hydrogen-bond acceptors (Lipinski definition) is 3. The minimum absolute atomic E-state index is 0.0522. The summed E-state index contributed by atoms with van der Waals surface area (Å²) in [5.74, 6) is -0.0522. The van der Waals surface area contributed by atoms with E-state index in [0.717, 1.165) is 5.56 Å². The SMILES string of the molecule is COC(C)(C)CS(=O)(=O)NCc1ccccc1. The maximum Gasteiger partial charge on any atom is 0.214 e. The van der Waals surface area contributed by atoms with Gasteiger partial charge >= 0.3 is 0 Å². The molecule has 1 aromatic carbocycles. The summed E-state index contributed by atoms with van der Waals surface area (Å²) >= 11 is 0. The summed E-state index contributed by atoms with van der Waals surface area (Å²) in [6, 6.07) is 9.41. The maximum atomic E-state index is 11.8. The summed E-state index contributed by atoms with van der Waals surface area (Å²) in [5, 5.41) is 0. The molecule has 96 valence electrons. The molecule has 0 saturated carbocycles. The predicted molar refractivity (Wildman–Crippen MR) is 68.2 cm³/mol. The number of methoxy groups -OCH3 is 1. The number of sulfonamides is 1. The van der Waals surface area contributed by atoms with Crippen molar-refractivity contribution in [3.8, 4) is 0 Å². The number of nitrogens with one attached hydrogen (secondary N) is 1. The summed E-state index contributed by atoms with van der Waals surface area (Å²) in [6.07, 6.45) is 0. The smallest absolute Gasteiger partial charge is 0.214 e. The van der Waals surface area contributed by atoms with Gasteiger partial charge in [-0.2, -0.15) is 0 Å². The Balaban J connectivity index is 2.57. The second-order valence-electron chi connectivity index (χ2n) is 4.53. The summed E-state index contributed by atoms with van der Waals surface area (Å²) in [4.78, 5) is 0. The van der Waals surface area contributed by atoms with Gasteiger partial charge in [-0.15, -0.1) is 0 Å². The van der Waals surface area contributed by atoms with Gasteiger partial charge < -0.3 is 4.74 Å². The normalized spacial score (nSPS) is 12.6. The third kappa shape index (κ3) is 5.30. The van der Waals surface area contributed by atoms with Crippen molar-refractivity contribution in [1.29, 1.82) is 0 Å². The first-order valence-corrected chi connectivity index (χ1v) is 7.06. The van der Waals surface area contributed by atoms with Crippen molar-refractivity contribution in [1.82, 2.24) is 4.72 Å². The summed E-state index contributed by atoms with van der Waals surface area (Å²) in [5.41, 5.74) is 0.258. The average Bonchev–Trinajstić information content (AvgIpc) is 2.27. The number of benzene rings is 1. The first-order chi connectivity index (χ1) is 7.85. The molecular weight excluding hydrogens is 238 g/mol. The van der Waals surface area contributed by atoms with Crippen molar-refractivity contribution in [2.75, 3.05) is 12.9 Å². The van der Waals surface area contributed by atoms with Gasteiger partial charge in [0.05, 0.1) is 11.4 Å². The molecule has 5 heteroatoms. The van der Waals surface area contributed by atoms with Crippen LogP contribution in [0.15, 0.2) is 30.3 Å². The van der Waals surface area contributed by atoms with Crippen molar-refractivity contribution in [3.05, 3.63) is 35.9 Å². The molecule has 0 aliphatic rings. The lowest BCUT2D eigenvalue weighted by Gasteiger charge is -2.22. The van der Waals surface area contributed by atoms with E-state index in [0.29, 0.717) is 6.54 Å². The van der Waals surface area contributed by atoms with Crippen LogP contribution in [-0.4, -0.2) is 26.9 Å². The number of ether oxygens (including phenoxy) is 1. The Bertz CT molecular complexity index is 440. The van der Waals surface area contributed by atoms with Crippen LogP contribution in [0, 0.1) is 0 Å². The van der Waals surface area contributed by atoms with Crippen molar-refractivity contribution in [2.24, 2.45) is 0 Å². The van der Waals surface area contributed by atoms with Crippen molar-refractivity contribution in [2.45, 2.75) is 26.0 Å². The third-order valence-corrected chi connectivity index (χ3v) is 4.09. The van der Waals surface area contributed by atoms with Gasteiger partial charge in [-0.1, -0.05) is 30.3 Å². The zero-order chi connectivity index (χ0) is 12.9. The largest absolute Gasteiger partial charge is 0.378 e. The topological polar surface area (TPSA) is 55.4 Å². The summed E-state index contributed by atoms with van der Waals surface area (Å²) in [7, 11) is -1.82. The number of hydrogen-bond donors (Lipinski definition) is 1. The minimum atomic E-state index is -3.32. The first-order valence-electron chi connectivity index (χ1n) is 5.41. The molecule has 1 rings (SSSR count). The van der Waals surface area contributed by atoms with Gasteiger partial charge in [0, 0.05) is 13.7 Å². The van der Waals surface area contributed by atoms with Crippen LogP contribution in [0.4, 0.5) is 0 Å². The van der Waals surface area contributed by atoms with Crippen LogP contribution in [-0.2, 0) is 21.3 Å². The van der Waals surface area contributed by atoms with Gasteiger partial charge in [0.15, 0.2) is 0 Å². The van der Waals surface area contributed by atoms with E-state index in [2.05, 4.69) is 4.72 Å². The second-order valence-corrected chi connectivity index (χ2v) is 6.34. The molecular formula is C12H19NO3S. The van der Waals surface area contributed by atoms with E-state index in [1.54, 1.807) is 13.8 Å². The van der Waals surface area contributed by atoms with Gasteiger partial charge in [0.2, 0.25) is 10.0 Å². The third-order valence-electron chi connectivity index (χ3n) is 2.43. The van der Waals surface area contributed by atoms with Crippen molar-refractivity contribution >= 4 is 10.0 Å². The minimum Gasteiger partial charge on any atom is -0.378 e. The molecule has 0 fully saturated rings. The molecule has 4 nitrogen and oxygen atoms in total. The standard InChI is InChI=1S/C12H19NO3S/c1-12(2,16-3)10-17(14,15)13-9-11-7-5-4-6-8-11/h4-8,13H,9-10H2,1-3H3. The molecule has 0 amide bonds. The quantitative estimate of drug-likeness (QED) is 0.841. The molecule has 1 N–H and O–H groups in total. The van der Waals surface area contributed by atoms with E-state index in [-0.39, 0.29) is 5.75 Å². The van der Waals surface area contributed by atoms with Gasteiger partial charge in [-0.3, -0.25) is 0 Å². The average molecular weight is 257 g/mol. The fraction of sp³-hybridized carbons (Fsp3) is 0.500. The molecule has 0 saturated heterocycles. The lowest BCUT2D eigenvalue weighted by molar-refractivity contribution is 0.0424. The highest BCUT2D eigenvalue weighted by Gasteiger charge is 2.25. The molecule has 0 aliphatic carbocycles. The highest BCUT2D eigenvalue weighted by Crippen LogP contribution is 2.10. The van der Waals surface area contributed by atoms with Crippen LogP contribution in [0.2, 0.25) is 0 Å². The Morgan fingerprint density at radius 1 is 1.24 bits per heavy atom. The highest BCUT2D eigenvalue weighted by atomic mass is 32.2. The Morgan fingerprint density at radius 3 is 2.35 bits per heavy atom. The lowest BCUT2D eigenvalue weighted by atomic mass is 10.2. The first kappa shape index (κ1) is 14.2. The molecule has 0 radical (unpaired) electrons. The van der Waals surface area contributed by atoms with E-state index < -0.39 is 15.6 Å². The van der Waals surface area contributed by atoms with Crippen LogP contribution in [0.25, 0.3) is 0 Å². The predicted octanol–water partition coefficient (Wildman–Crippen LogP) is 1.53. The molecule has 17 heavy (non-hydrogen) atoms. The van der Waals surface area contributed by atoms with Gasteiger partial charge in [-0.05, 0) is 19.4 Å². The van der Waals surface area contributed by atoms with Crippen molar-refractivity contribution < 1.29 is 13.2 Å². The maximum absolute atomic E-state index is 11.8. The Labute approximate surface area is 103 Å². The van der Waals surface area contributed by atoms with Gasteiger partial charge in [-0.25, -0.2) is 13.1 Å². The molecule has 0 aliphatic heterocycles. The van der Waals surface area contributed by atoms with Crippen LogP contribution in [0.3, 0.4) is 0 Å². The Hall–Kier alpha value is -0.910. The second kappa shape index (κ2) is 5.62. The fourth-order valence-electron chi connectivity index (χ4n) is 1.36. The van der Waals surface area contributed by atoms with E-state index in [1.165, 1.54) is 7.11 Å². The molecule has 0 spiro atoms. The molecule has 0 atom stereocenters. The van der Waals surface area contributed by atoms with E-state index in [9.17, 15) is 8.42 Å². The molecule has 0 aromatic heterocycles.